The average molecular weight is 449 g/mol. The largest absolute Gasteiger partial charge is 0.356 e. The maximum absolute atomic E-state index is 12.3. The molecule has 0 saturated carbocycles. The van der Waals surface area contributed by atoms with E-state index < -0.39 is 0 Å². The summed E-state index contributed by atoms with van der Waals surface area (Å²) in [4.78, 5) is 31.5. The second-order valence-electron chi connectivity index (χ2n) is 6.27. The van der Waals surface area contributed by atoms with Crippen molar-refractivity contribution in [1.82, 2.24) is 15.3 Å². The Morgan fingerprint density at radius 3 is 2.62 bits per heavy atom. The lowest BCUT2D eigenvalue weighted by molar-refractivity contribution is -0.118. The van der Waals surface area contributed by atoms with Crippen molar-refractivity contribution in [3.8, 4) is 11.3 Å². The van der Waals surface area contributed by atoms with Gasteiger partial charge in [0.25, 0.3) is 5.91 Å². The summed E-state index contributed by atoms with van der Waals surface area (Å²) >= 11 is 13.0. The quantitative estimate of drug-likeness (QED) is 0.400. The molecular formula is C20H18Cl2N4O2S. The Morgan fingerprint density at radius 1 is 1.17 bits per heavy atom. The fourth-order valence-electron chi connectivity index (χ4n) is 2.58. The van der Waals surface area contributed by atoms with Gasteiger partial charge in [0.2, 0.25) is 5.91 Å². The van der Waals surface area contributed by atoms with Crippen LogP contribution in [-0.4, -0.2) is 28.3 Å². The predicted molar refractivity (Wildman–Crippen MR) is 117 cm³/mol. The topological polar surface area (TPSA) is 84.0 Å². The van der Waals surface area contributed by atoms with Gasteiger partial charge in [-0.05, 0) is 24.5 Å². The smallest absolute Gasteiger partial charge is 0.259 e. The molecule has 3 aromatic rings. The van der Waals surface area contributed by atoms with Gasteiger partial charge in [0.05, 0.1) is 16.3 Å². The highest BCUT2D eigenvalue weighted by atomic mass is 35.5. The molecule has 0 spiro atoms. The molecule has 0 bridgehead atoms. The zero-order valence-corrected chi connectivity index (χ0v) is 17.9. The number of amides is 2. The van der Waals surface area contributed by atoms with Crippen LogP contribution < -0.4 is 10.6 Å². The lowest BCUT2D eigenvalue weighted by atomic mass is 10.1. The van der Waals surface area contributed by atoms with Gasteiger partial charge in [0, 0.05) is 30.6 Å². The summed E-state index contributed by atoms with van der Waals surface area (Å²) in [5.41, 5.74) is 3.24. The SMILES string of the molecule is CC(=O)NCCCc1ccc(-c2csc(NC(=O)c3cnc(Cl)c(Cl)c3)n2)cc1. The first-order valence-corrected chi connectivity index (χ1v) is 10.5. The number of carbonyl (C=O) groups is 2. The molecule has 0 aliphatic heterocycles. The number of nitrogens with one attached hydrogen (secondary N) is 2. The molecule has 6 nitrogen and oxygen atoms in total. The van der Waals surface area contributed by atoms with Crippen LogP contribution in [0, 0.1) is 0 Å². The summed E-state index contributed by atoms with van der Waals surface area (Å²) in [6.45, 7) is 2.18. The maximum atomic E-state index is 12.3. The van der Waals surface area contributed by atoms with E-state index in [2.05, 4.69) is 20.6 Å². The molecule has 0 fully saturated rings. The van der Waals surface area contributed by atoms with Crippen molar-refractivity contribution in [3.05, 3.63) is 63.2 Å². The first-order chi connectivity index (χ1) is 13.9. The molecule has 0 radical (unpaired) electrons. The molecule has 0 unspecified atom stereocenters. The number of aromatic nitrogens is 2. The molecule has 9 heteroatoms. The van der Waals surface area contributed by atoms with E-state index in [1.165, 1.54) is 36.1 Å². The number of pyridine rings is 1. The van der Waals surface area contributed by atoms with Gasteiger partial charge in [0.1, 0.15) is 5.15 Å². The monoisotopic (exact) mass is 448 g/mol. The Labute approximate surface area is 182 Å². The van der Waals surface area contributed by atoms with Gasteiger partial charge in [0.15, 0.2) is 5.13 Å². The standard InChI is InChI=1S/C20H18Cl2N4O2S/c1-12(27)23-8-2-3-13-4-6-14(7-5-13)17-11-29-20(25-17)26-19(28)15-9-16(21)18(22)24-10-15/h4-7,9-11H,2-3,8H2,1H3,(H,23,27)(H,25,26,28). The summed E-state index contributed by atoms with van der Waals surface area (Å²) in [5.74, 6) is -0.367. The summed E-state index contributed by atoms with van der Waals surface area (Å²) in [6.07, 6.45) is 3.13. The number of benzene rings is 1. The van der Waals surface area contributed by atoms with Crippen LogP contribution in [0.5, 0.6) is 0 Å². The number of rotatable bonds is 7. The highest BCUT2D eigenvalue weighted by Crippen LogP contribution is 2.26. The second-order valence-corrected chi connectivity index (χ2v) is 7.90. The van der Waals surface area contributed by atoms with Crippen molar-refractivity contribution < 1.29 is 9.59 Å². The molecule has 0 atom stereocenters. The molecule has 2 aromatic heterocycles. The van der Waals surface area contributed by atoms with Crippen molar-refractivity contribution in [1.29, 1.82) is 0 Å². The fourth-order valence-corrected chi connectivity index (χ4v) is 3.56. The first kappa shape index (κ1) is 21.2. The first-order valence-electron chi connectivity index (χ1n) is 8.84. The van der Waals surface area contributed by atoms with E-state index in [-0.39, 0.29) is 22.0 Å². The Kier molecular flexibility index (Phi) is 7.19. The van der Waals surface area contributed by atoms with Crippen LogP contribution in [0.1, 0.15) is 29.3 Å². The van der Waals surface area contributed by atoms with E-state index in [1.807, 2.05) is 29.6 Å². The van der Waals surface area contributed by atoms with E-state index in [1.54, 1.807) is 0 Å². The highest BCUT2D eigenvalue weighted by Gasteiger charge is 2.12. The van der Waals surface area contributed by atoms with Crippen molar-refractivity contribution in [2.75, 3.05) is 11.9 Å². The molecule has 29 heavy (non-hydrogen) atoms. The van der Waals surface area contributed by atoms with Gasteiger partial charge in [-0.3, -0.25) is 14.9 Å². The van der Waals surface area contributed by atoms with Crippen LogP contribution in [0.3, 0.4) is 0 Å². The van der Waals surface area contributed by atoms with Crippen molar-refractivity contribution in [2.45, 2.75) is 19.8 Å². The molecule has 150 valence electrons. The Hall–Kier alpha value is -2.48. The number of thiazole rings is 1. The minimum atomic E-state index is -0.355. The van der Waals surface area contributed by atoms with E-state index in [0.29, 0.717) is 17.2 Å². The molecule has 0 aliphatic rings. The van der Waals surface area contributed by atoms with Crippen LogP contribution in [0.2, 0.25) is 10.2 Å². The van der Waals surface area contributed by atoms with Crippen molar-refractivity contribution in [3.63, 3.8) is 0 Å². The summed E-state index contributed by atoms with van der Waals surface area (Å²) < 4.78 is 0. The third-order valence-electron chi connectivity index (χ3n) is 4.05. The lowest BCUT2D eigenvalue weighted by Gasteiger charge is -2.04. The normalized spacial score (nSPS) is 10.6. The molecule has 2 N–H and O–H groups in total. The number of carbonyl (C=O) groups excluding carboxylic acids is 2. The number of halogens is 2. The Balaban J connectivity index is 1.59. The highest BCUT2D eigenvalue weighted by molar-refractivity contribution is 7.14. The molecule has 0 saturated heterocycles. The van der Waals surface area contributed by atoms with Crippen molar-refractivity contribution in [2.24, 2.45) is 0 Å². The van der Waals surface area contributed by atoms with Gasteiger partial charge < -0.3 is 5.32 Å². The van der Waals surface area contributed by atoms with Gasteiger partial charge in [-0.2, -0.15) is 0 Å². The van der Waals surface area contributed by atoms with Crippen LogP contribution in [0.4, 0.5) is 5.13 Å². The minimum absolute atomic E-state index is 0.0119. The third-order valence-corrected chi connectivity index (χ3v) is 5.49. The number of hydrogen-bond donors (Lipinski definition) is 2. The lowest BCUT2D eigenvalue weighted by Crippen LogP contribution is -2.21. The third kappa shape index (κ3) is 6.00. The average Bonchev–Trinajstić information content (AvgIpc) is 3.16. The van der Waals surface area contributed by atoms with E-state index >= 15 is 0 Å². The van der Waals surface area contributed by atoms with Gasteiger partial charge in [-0.1, -0.05) is 47.5 Å². The summed E-state index contributed by atoms with van der Waals surface area (Å²) in [7, 11) is 0. The van der Waals surface area contributed by atoms with Gasteiger partial charge in [-0.15, -0.1) is 11.3 Å². The van der Waals surface area contributed by atoms with Crippen LogP contribution in [0.15, 0.2) is 41.9 Å². The second kappa shape index (κ2) is 9.82. The van der Waals surface area contributed by atoms with Crippen LogP contribution >= 0.6 is 34.5 Å². The molecule has 2 amide bonds. The van der Waals surface area contributed by atoms with Crippen molar-refractivity contribution >= 4 is 51.5 Å². The van der Waals surface area contributed by atoms with Gasteiger partial charge in [-0.25, -0.2) is 9.97 Å². The minimum Gasteiger partial charge on any atom is -0.356 e. The summed E-state index contributed by atoms with van der Waals surface area (Å²) in [6, 6.07) is 9.55. The van der Waals surface area contributed by atoms with Crippen LogP contribution in [-0.2, 0) is 11.2 Å². The van der Waals surface area contributed by atoms with Gasteiger partial charge >= 0.3 is 0 Å². The number of nitrogens with zero attached hydrogens (tertiary/aromatic N) is 2. The zero-order valence-electron chi connectivity index (χ0n) is 15.5. The molecular weight excluding hydrogens is 431 g/mol. The molecule has 2 heterocycles. The number of aryl methyl sites for hydroxylation is 1. The number of anilines is 1. The Bertz CT molecular complexity index is 1020. The zero-order chi connectivity index (χ0) is 20.8. The Morgan fingerprint density at radius 2 is 1.93 bits per heavy atom. The van der Waals surface area contributed by atoms with E-state index in [0.717, 1.165) is 24.1 Å². The molecule has 1 aromatic carbocycles. The van der Waals surface area contributed by atoms with E-state index in [9.17, 15) is 9.59 Å². The maximum Gasteiger partial charge on any atom is 0.259 e. The van der Waals surface area contributed by atoms with Crippen LogP contribution in [0.25, 0.3) is 11.3 Å². The summed E-state index contributed by atoms with van der Waals surface area (Å²) in [5, 5.41) is 8.27. The molecule has 0 aliphatic carbocycles. The predicted octanol–water partition coefficient (Wildman–Crippen LogP) is 4.83. The van der Waals surface area contributed by atoms with E-state index in [4.69, 9.17) is 23.2 Å². The molecule has 3 rings (SSSR count). The number of hydrogen-bond acceptors (Lipinski definition) is 5. The fraction of sp³-hybridized carbons (Fsp3) is 0.200.